The Bertz CT molecular complexity index is 1660. The first-order valence-corrected chi connectivity index (χ1v) is 15.0. The SMILES string of the molecule is COc1ccc(N(CC(=O)Nc2ccc(CSc3ccccc3)cc2C)S(=O)(=O)c2ccc(C)c([N+](=O)[O-])c2)cc1. The van der Waals surface area contributed by atoms with Gasteiger partial charge in [0.25, 0.3) is 15.7 Å². The predicted molar refractivity (Wildman–Crippen MR) is 161 cm³/mol. The van der Waals surface area contributed by atoms with E-state index in [0.29, 0.717) is 17.0 Å². The fourth-order valence-electron chi connectivity index (χ4n) is 4.10. The van der Waals surface area contributed by atoms with Crippen LogP contribution in [0.1, 0.15) is 16.7 Å². The number of anilines is 2. The first kappa shape index (κ1) is 29.6. The van der Waals surface area contributed by atoms with Crippen LogP contribution in [0.4, 0.5) is 17.1 Å². The highest BCUT2D eigenvalue weighted by Gasteiger charge is 2.29. The van der Waals surface area contributed by atoms with Crippen molar-refractivity contribution in [2.75, 3.05) is 23.3 Å². The second-order valence-corrected chi connectivity index (χ2v) is 12.1. The largest absolute Gasteiger partial charge is 0.497 e. The van der Waals surface area contributed by atoms with Crippen molar-refractivity contribution in [1.82, 2.24) is 0 Å². The lowest BCUT2D eigenvalue weighted by atomic mass is 10.1. The summed E-state index contributed by atoms with van der Waals surface area (Å²) in [5, 5.41) is 14.3. The number of methoxy groups -OCH3 is 1. The summed E-state index contributed by atoms with van der Waals surface area (Å²) in [7, 11) is -2.88. The van der Waals surface area contributed by atoms with Gasteiger partial charge in [0, 0.05) is 28.0 Å². The van der Waals surface area contributed by atoms with Gasteiger partial charge in [-0.1, -0.05) is 36.4 Å². The number of nitro groups is 1. The molecule has 41 heavy (non-hydrogen) atoms. The Labute approximate surface area is 243 Å². The molecule has 0 aliphatic carbocycles. The number of benzene rings is 4. The van der Waals surface area contributed by atoms with Gasteiger partial charge < -0.3 is 10.1 Å². The number of rotatable bonds is 11. The molecule has 0 unspecified atom stereocenters. The van der Waals surface area contributed by atoms with Gasteiger partial charge in [0.05, 0.1) is 22.6 Å². The summed E-state index contributed by atoms with van der Waals surface area (Å²) < 4.78 is 33.6. The van der Waals surface area contributed by atoms with Crippen LogP contribution in [0.5, 0.6) is 5.75 Å². The maximum Gasteiger partial charge on any atom is 0.273 e. The van der Waals surface area contributed by atoms with Gasteiger partial charge in [0.1, 0.15) is 12.3 Å². The van der Waals surface area contributed by atoms with Crippen LogP contribution >= 0.6 is 11.8 Å². The molecule has 0 saturated carbocycles. The summed E-state index contributed by atoms with van der Waals surface area (Å²) in [5.74, 6) is 0.689. The number of ether oxygens (including phenoxy) is 1. The summed E-state index contributed by atoms with van der Waals surface area (Å²) in [4.78, 5) is 24.9. The summed E-state index contributed by atoms with van der Waals surface area (Å²) in [5.41, 5.74) is 2.67. The van der Waals surface area contributed by atoms with Crippen LogP contribution in [0.25, 0.3) is 0 Å². The molecule has 0 aliphatic heterocycles. The van der Waals surface area contributed by atoms with E-state index in [2.05, 4.69) is 5.32 Å². The molecule has 0 saturated heterocycles. The minimum Gasteiger partial charge on any atom is -0.497 e. The van der Waals surface area contributed by atoms with Crippen LogP contribution in [0.2, 0.25) is 0 Å². The first-order valence-electron chi connectivity index (χ1n) is 12.6. The fourth-order valence-corrected chi connectivity index (χ4v) is 6.40. The molecule has 4 aromatic rings. The van der Waals surface area contributed by atoms with Crippen LogP contribution in [0.15, 0.2) is 101 Å². The van der Waals surface area contributed by atoms with E-state index in [-0.39, 0.29) is 16.3 Å². The summed E-state index contributed by atoms with van der Waals surface area (Å²) in [6.45, 7) is 2.84. The zero-order chi connectivity index (χ0) is 29.6. The van der Waals surface area contributed by atoms with Crippen molar-refractivity contribution in [3.05, 3.63) is 118 Å². The molecule has 9 nitrogen and oxygen atoms in total. The minimum atomic E-state index is -4.36. The molecular weight excluding hydrogens is 562 g/mol. The van der Waals surface area contributed by atoms with Crippen LogP contribution in [0.3, 0.4) is 0 Å². The molecule has 11 heteroatoms. The molecule has 0 heterocycles. The molecule has 1 amide bonds. The number of nitrogens with zero attached hydrogens (tertiary/aromatic N) is 2. The van der Waals surface area contributed by atoms with E-state index in [1.807, 2.05) is 49.4 Å². The van der Waals surface area contributed by atoms with Crippen molar-refractivity contribution >= 4 is 44.8 Å². The van der Waals surface area contributed by atoms with Crippen molar-refractivity contribution in [1.29, 1.82) is 0 Å². The van der Waals surface area contributed by atoms with E-state index in [4.69, 9.17) is 4.74 Å². The Morgan fingerprint density at radius 2 is 1.66 bits per heavy atom. The smallest absolute Gasteiger partial charge is 0.273 e. The first-order chi connectivity index (χ1) is 19.6. The monoisotopic (exact) mass is 591 g/mol. The van der Waals surface area contributed by atoms with Crippen molar-refractivity contribution < 1.29 is 22.9 Å². The highest BCUT2D eigenvalue weighted by atomic mass is 32.2. The van der Waals surface area contributed by atoms with Crippen LogP contribution < -0.4 is 14.4 Å². The molecule has 1 N–H and O–H groups in total. The molecule has 0 aliphatic rings. The lowest BCUT2D eigenvalue weighted by Crippen LogP contribution is -2.38. The third-order valence-electron chi connectivity index (χ3n) is 6.33. The number of amides is 1. The van der Waals surface area contributed by atoms with Gasteiger partial charge >= 0.3 is 0 Å². The molecule has 0 fully saturated rings. The lowest BCUT2D eigenvalue weighted by Gasteiger charge is -2.24. The van der Waals surface area contributed by atoms with E-state index < -0.39 is 27.4 Å². The molecule has 0 atom stereocenters. The number of thioether (sulfide) groups is 1. The topological polar surface area (TPSA) is 119 Å². The second-order valence-electron chi connectivity index (χ2n) is 9.21. The third kappa shape index (κ3) is 7.24. The van der Waals surface area contributed by atoms with Crippen LogP contribution in [-0.2, 0) is 20.6 Å². The van der Waals surface area contributed by atoms with Crippen molar-refractivity contribution in [2.45, 2.75) is 29.4 Å². The minimum absolute atomic E-state index is 0.203. The third-order valence-corrected chi connectivity index (χ3v) is 9.18. The van der Waals surface area contributed by atoms with Gasteiger partial charge in [-0.2, -0.15) is 0 Å². The van der Waals surface area contributed by atoms with Gasteiger partial charge in [0.15, 0.2) is 0 Å². The Hall–Kier alpha value is -4.35. The fraction of sp³-hybridized carbons (Fsp3) is 0.167. The summed E-state index contributed by atoms with van der Waals surface area (Å²) in [6, 6.07) is 25.6. The normalized spacial score (nSPS) is 11.1. The maximum atomic E-state index is 13.8. The Morgan fingerprint density at radius 1 is 0.951 bits per heavy atom. The predicted octanol–water partition coefficient (Wildman–Crippen LogP) is 6.35. The molecule has 0 aromatic heterocycles. The number of carbonyl (C=O) groups excluding carboxylic acids is 1. The van der Waals surface area contributed by atoms with Gasteiger partial charge in [0.2, 0.25) is 5.91 Å². The van der Waals surface area contributed by atoms with E-state index in [9.17, 15) is 23.3 Å². The number of hydrogen-bond acceptors (Lipinski definition) is 7. The van der Waals surface area contributed by atoms with Crippen LogP contribution in [0, 0.1) is 24.0 Å². The number of nitrogens with one attached hydrogen (secondary N) is 1. The van der Waals surface area contributed by atoms with E-state index >= 15 is 0 Å². The molecule has 4 aromatic carbocycles. The summed E-state index contributed by atoms with van der Waals surface area (Å²) >= 11 is 1.70. The maximum absolute atomic E-state index is 13.8. The molecule has 0 spiro atoms. The lowest BCUT2D eigenvalue weighted by molar-refractivity contribution is -0.385. The van der Waals surface area contributed by atoms with Gasteiger partial charge in [-0.15, -0.1) is 11.8 Å². The Morgan fingerprint density at radius 3 is 2.29 bits per heavy atom. The zero-order valence-electron chi connectivity index (χ0n) is 22.7. The molecule has 0 radical (unpaired) electrons. The Kier molecular flexibility index (Phi) is 9.31. The Balaban J connectivity index is 1.57. The molecule has 212 valence electrons. The molecule has 0 bridgehead atoms. The number of aryl methyl sites for hydroxylation is 2. The van der Waals surface area contributed by atoms with Crippen molar-refractivity contribution in [3.63, 3.8) is 0 Å². The van der Waals surface area contributed by atoms with E-state index in [0.717, 1.165) is 32.1 Å². The highest BCUT2D eigenvalue weighted by Crippen LogP contribution is 2.30. The quantitative estimate of drug-likeness (QED) is 0.123. The van der Waals surface area contributed by atoms with E-state index in [1.54, 1.807) is 30.0 Å². The number of sulfonamides is 1. The van der Waals surface area contributed by atoms with Crippen LogP contribution in [-0.4, -0.2) is 32.9 Å². The van der Waals surface area contributed by atoms with Gasteiger partial charge in [-0.25, -0.2) is 8.42 Å². The van der Waals surface area contributed by atoms with Gasteiger partial charge in [-0.05, 0) is 73.5 Å². The number of carbonyl (C=O) groups is 1. The molecule has 4 rings (SSSR count). The van der Waals surface area contributed by atoms with E-state index in [1.165, 1.54) is 38.3 Å². The average molecular weight is 592 g/mol. The number of nitro benzene ring substituents is 1. The highest BCUT2D eigenvalue weighted by molar-refractivity contribution is 7.98. The number of hydrogen-bond donors (Lipinski definition) is 1. The zero-order valence-corrected chi connectivity index (χ0v) is 24.4. The summed E-state index contributed by atoms with van der Waals surface area (Å²) in [6.07, 6.45) is 0. The average Bonchev–Trinajstić information content (AvgIpc) is 2.96. The standard InChI is InChI=1S/C30H29N3O6S2/c1-21-9-15-27(18-29(21)33(35)36)41(37,38)32(24-11-13-25(39-3)14-12-24)19-30(34)31-28-16-10-23(17-22(28)2)20-40-26-7-5-4-6-8-26/h4-18H,19-20H2,1-3H3,(H,31,34). The second kappa shape index (κ2) is 12.9. The van der Waals surface area contributed by atoms with Gasteiger partial charge in [-0.3, -0.25) is 19.2 Å². The van der Waals surface area contributed by atoms with Crippen molar-refractivity contribution in [2.24, 2.45) is 0 Å². The van der Waals surface area contributed by atoms with Crippen molar-refractivity contribution in [3.8, 4) is 5.75 Å². The molecular formula is C30H29N3O6S2.